The van der Waals surface area contributed by atoms with Gasteiger partial charge in [0.05, 0.1) is 5.56 Å². The summed E-state index contributed by atoms with van der Waals surface area (Å²) in [6, 6.07) is 1.55. The van der Waals surface area contributed by atoms with Crippen LogP contribution in [0, 0.1) is 0 Å². The Morgan fingerprint density at radius 1 is 1.77 bits per heavy atom. The molecule has 70 valence electrons. The number of carbonyl (C=O) groups is 1. The molecule has 13 heavy (non-hydrogen) atoms. The molecule has 0 aliphatic heterocycles. The average Bonchev–Trinajstić information content (AvgIpc) is 2.04. The third-order valence-electron chi connectivity index (χ3n) is 1.55. The van der Waals surface area contributed by atoms with E-state index in [9.17, 15) is 4.79 Å². The van der Waals surface area contributed by atoms with Crippen molar-refractivity contribution in [2.75, 3.05) is 0 Å². The lowest BCUT2D eigenvalue weighted by Crippen LogP contribution is -2.00. The van der Waals surface area contributed by atoms with Crippen molar-refractivity contribution >= 4 is 40.2 Å². The topological polar surface area (TPSA) is 50.2 Å². The van der Waals surface area contributed by atoms with E-state index in [2.05, 4.69) is 27.6 Å². The van der Waals surface area contributed by atoms with Crippen LogP contribution in [0.2, 0.25) is 5.15 Å². The van der Waals surface area contributed by atoms with Gasteiger partial charge in [-0.3, -0.25) is 0 Å². The normalized spacial score (nSPS) is 12.5. The Kier molecular flexibility index (Phi) is 3.49. The van der Waals surface area contributed by atoms with Crippen LogP contribution in [0.1, 0.15) is 26.8 Å². The minimum atomic E-state index is -1.05. The fraction of sp³-hybridized carbons (Fsp3) is 0.250. The third-order valence-corrected chi connectivity index (χ3v) is 2.57. The summed E-state index contributed by atoms with van der Waals surface area (Å²) in [7, 11) is 0. The van der Waals surface area contributed by atoms with E-state index in [-0.39, 0.29) is 14.6 Å². The Morgan fingerprint density at radius 2 is 2.38 bits per heavy atom. The third kappa shape index (κ3) is 2.54. The number of hydrogen-bond acceptors (Lipinski definition) is 2. The molecular formula is C8H7ClINO2. The van der Waals surface area contributed by atoms with Crippen molar-refractivity contribution < 1.29 is 9.90 Å². The van der Waals surface area contributed by atoms with Gasteiger partial charge in [0.25, 0.3) is 0 Å². The molecule has 0 aliphatic carbocycles. The summed E-state index contributed by atoms with van der Waals surface area (Å²) in [4.78, 5) is 14.5. The maximum atomic E-state index is 10.7. The molecule has 0 aliphatic rings. The minimum Gasteiger partial charge on any atom is -0.478 e. The summed E-state index contributed by atoms with van der Waals surface area (Å²) < 4.78 is 0.223. The highest BCUT2D eigenvalue weighted by Gasteiger charge is 2.12. The molecule has 0 fully saturated rings. The Bertz CT molecular complexity index is 341. The lowest BCUT2D eigenvalue weighted by atomic mass is 10.2. The summed E-state index contributed by atoms with van der Waals surface area (Å²) in [6.45, 7) is 1.96. The number of carboxylic acids is 1. The lowest BCUT2D eigenvalue weighted by molar-refractivity contribution is 0.0696. The fourth-order valence-corrected chi connectivity index (χ4v) is 1.36. The standard InChI is InChI=1S/C8H7ClINO2/c1-4(10)5-2-6(8(12)13)7(9)11-3-5/h2-4H,1H3,(H,12,13). The zero-order valence-electron chi connectivity index (χ0n) is 6.79. The van der Waals surface area contributed by atoms with Gasteiger partial charge >= 0.3 is 5.97 Å². The van der Waals surface area contributed by atoms with Crippen molar-refractivity contribution in [3.05, 3.63) is 28.5 Å². The van der Waals surface area contributed by atoms with Crippen molar-refractivity contribution in [2.24, 2.45) is 0 Å². The molecule has 1 aromatic rings. The molecule has 1 unspecified atom stereocenters. The number of carboxylic acid groups (broad SMARTS) is 1. The molecule has 1 heterocycles. The maximum absolute atomic E-state index is 10.7. The molecule has 0 radical (unpaired) electrons. The number of hydrogen-bond donors (Lipinski definition) is 1. The molecule has 0 saturated carbocycles. The Labute approximate surface area is 94.3 Å². The van der Waals surface area contributed by atoms with Gasteiger partial charge in [0, 0.05) is 10.1 Å². The van der Waals surface area contributed by atoms with Gasteiger partial charge in [0.2, 0.25) is 0 Å². The van der Waals surface area contributed by atoms with Gasteiger partial charge in [0.15, 0.2) is 0 Å². The number of halogens is 2. The monoisotopic (exact) mass is 311 g/mol. The van der Waals surface area contributed by atoms with Gasteiger partial charge in [-0.15, -0.1) is 0 Å². The molecular weight excluding hydrogens is 304 g/mol. The van der Waals surface area contributed by atoms with Crippen molar-refractivity contribution in [1.82, 2.24) is 4.98 Å². The van der Waals surface area contributed by atoms with Gasteiger partial charge in [-0.1, -0.05) is 34.2 Å². The van der Waals surface area contributed by atoms with Gasteiger partial charge in [0.1, 0.15) is 5.15 Å². The number of rotatable bonds is 2. The van der Waals surface area contributed by atoms with Crippen molar-refractivity contribution in [3.63, 3.8) is 0 Å². The molecule has 1 atom stereocenters. The van der Waals surface area contributed by atoms with E-state index >= 15 is 0 Å². The van der Waals surface area contributed by atoms with Crippen LogP contribution in [-0.2, 0) is 0 Å². The molecule has 0 saturated heterocycles. The molecule has 1 rings (SSSR count). The summed E-state index contributed by atoms with van der Waals surface area (Å²) >= 11 is 7.79. The van der Waals surface area contributed by atoms with Crippen LogP contribution in [0.15, 0.2) is 12.3 Å². The van der Waals surface area contributed by atoms with Gasteiger partial charge < -0.3 is 5.11 Å². The van der Waals surface area contributed by atoms with E-state index in [0.29, 0.717) is 0 Å². The first-order chi connectivity index (χ1) is 6.02. The summed E-state index contributed by atoms with van der Waals surface area (Å²) in [5, 5.41) is 8.78. The Balaban J connectivity index is 3.19. The number of pyridine rings is 1. The van der Waals surface area contributed by atoms with Crippen molar-refractivity contribution in [1.29, 1.82) is 0 Å². The van der Waals surface area contributed by atoms with Crippen LogP contribution in [0.5, 0.6) is 0 Å². The molecule has 3 nitrogen and oxygen atoms in total. The van der Waals surface area contributed by atoms with Crippen molar-refractivity contribution in [3.8, 4) is 0 Å². The van der Waals surface area contributed by atoms with Crippen molar-refractivity contribution in [2.45, 2.75) is 10.8 Å². The zero-order chi connectivity index (χ0) is 10.0. The number of aromatic carboxylic acids is 1. The van der Waals surface area contributed by atoms with E-state index < -0.39 is 5.97 Å². The number of nitrogens with zero attached hydrogens (tertiary/aromatic N) is 1. The first-order valence-corrected chi connectivity index (χ1v) is 5.17. The first kappa shape index (κ1) is 10.7. The van der Waals surface area contributed by atoms with E-state index in [1.54, 1.807) is 12.3 Å². The minimum absolute atomic E-state index is 0.0355. The highest BCUT2D eigenvalue weighted by atomic mass is 127. The number of alkyl halides is 1. The second-order valence-electron chi connectivity index (χ2n) is 2.53. The van der Waals surface area contributed by atoms with Gasteiger partial charge in [-0.25, -0.2) is 9.78 Å². The molecule has 0 aromatic carbocycles. The van der Waals surface area contributed by atoms with E-state index in [1.165, 1.54) is 0 Å². The molecule has 0 spiro atoms. The Hall–Kier alpha value is -0.360. The molecule has 5 heteroatoms. The highest BCUT2D eigenvalue weighted by Crippen LogP contribution is 2.24. The second-order valence-corrected chi connectivity index (χ2v) is 4.75. The van der Waals surface area contributed by atoms with E-state index in [4.69, 9.17) is 16.7 Å². The first-order valence-electron chi connectivity index (χ1n) is 3.55. The van der Waals surface area contributed by atoms with Crippen LogP contribution in [-0.4, -0.2) is 16.1 Å². The predicted octanol–water partition coefficient (Wildman–Crippen LogP) is 2.93. The van der Waals surface area contributed by atoms with Crippen LogP contribution in [0.25, 0.3) is 0 Å². The average molecular weight is 312 g/mol. The summed E-state index contributed by atoms with van der Waals surface area (Å²) in [6.07, 6.45) is 1.59. The van der Waals surface area contributed by atoms with Crippen LogP contribution < -0.4 is 0 Å². The molecule has 1 N–H and O–H groups in total. The largest absolute Gasteiger partial charge is 0.478 e. The quantitative estimate of drug-likeness (QED) is 0.519. The van der Waals surface area contributed by atoms with E-state index in [0.717, 1.165) is 5.56 Å². The Morgan fingerprint density at radius 3 is 2.85 bits per heavy atom. The molecule has 0 bridgehead atoms. The van der Waals surface area contributed by atoms with Crippen LogP contribution in [0.4, 0.5) is 0 Å². The smallest absolute Gasteiger partial charge is 0.338 e. The van der Waals surface area contributed by atoms with E-state index in [1.807, 2.05) is 6.92 Å². The zero-order valence-corrected chi connectivity index (χ0v) is 9.70. The van der Waals surface area contributed by atoms with Gasteiger partial charge in [-0.05, 0) is 18.6 Å². The SMILES string of the molecule is CC(I)c1cnc(Cl)c(C(=O)O)c1. The maximum Gasteiger partial charge on any atom is 0.338 e. The number of aromatic nitrogens is 1. The molecule has 0 amide bonds. The predicted molar refractivity (Wildman–Crippen MR) is 58.6 cm³/mol. The summed E-state index contributed by atoms with van der Waals surface area (Å²) in [5.74, 6) is -1.05. The fourth-order valence-electron chi connectivity index (χ4n) is 0.832. The molecule has 1 aromatic heterocycles. The summed E-state index contributed by atoms with van der Waals surface area (Å²) in [5.41, 5.74) is 0.921. The highest BCUT2D eigenvalue weighted by molar-refractivity contribution is 14.1. The van der Waals surface area contributed by atoms with Gasteiger partial charge in [-0.2, -0.15) is 0 Å². The lowest BCUT2D eigenvalue weighted by Gasteiger charge is -2.04. The van der Waals surface area contributed by atoms with Crippen LogP contribution in [0.3, 0.4) is 0 Å². The van der Waals surface area contributed by atoms with Crippen LogP contribution >= 0.6 is 34.2 Å². The second kappa shape index (κ2) is 4.23.